The maximum absolute atomic E-state index is 14.2. The Bertz CT molecular complexity index is 644. The lowest BCUT2D eigenvalue weighted by molar-refractivity contribution is 0.305. The number of halogens is 1. The number of pyridine rings is 1. The maximum Gasteiger partial charge on any atom is 0.216 e. The molecule has 4 heteroatoms. The fraction of sp³-hybridized carbons (Fsp3) is 0.588. The van der Waals surface area contributed by atoms with Crippen LogP contribution in [0.15, 0.2) is 12.3 Å². The molecule has 0 N–H and O–H groups in total. The second-order valence-electron chi connectivity index (χ2n) is 6.49. The fourth-order valence-corrected chi connectivity index (χ4v) is 4.59. The molecule has 21 heavy (non-hydrogen) atoms. The molecule has 3 atom stereocenters. The van der Waals surface area contributed by atoms with Crippen LogP contribution in [0.5, 0.6) is 0 Å². The topological polar surface area (TPSA) is 30.0 Å². The first-order valence-electron chi connectivity index (χ1n) is 7.51. The minimum atomic E-state index is -0.775. The van der Waals surface area contributed by atoms with Crippen LogP contribution < -0.4 is 0 Å². The van der Waals surface area contributed by atoms with Crippen LogP contribution in [0.2, 0.25) is 0 Å². The first-order valence-corrected chi connectivity index (χ1v) is 9.00. The van der Waals surface area contributed by atoms with Gasteiger partial charge in [-0.15, -0.1) is 0 Å². The number of nitrogens with zero attached hydrogens (tertiary/aromatic N) is 1. The van der Waals surface area contributed by atoms with Crippen LogP contribution in [0.1, 0.15) is 44.2 Å². The molecule has 0 aromatic carbocycles. The molecule has 0 bridgehead atoms. The molecular weight excluding hydrogens is 285 g/mol. The third-order valence-corrected chi connectivity index (χ3v) is 6.36. The van der Waals surface area contributed by atoms with Crippen LogP contribution in [0, 0.1) is 29.6 Å². The van der Waals surface area contributed by atoms with Crippen molar-refractivity contribution in [2.75, 3.05) is 11.5 Å². The Labute approximate surface area is 128 Å². The van der Waals surface area contributed by atoms with Crippen molar-refractivity contribution in [2.45, 2.75) is 38.5 Å². The Kier molecular flexibility index (Phi) is 3.88. The van der Waals surface area contributed by atoms with Gasteiger partial charge < -0.3 is 0 Å². The van der Waals surface area contributed by atoms with Crippen LogP contribution in [0.4, 0.5) is 4.39 Å². The quantitative estimate of drug-likeness (QED) is 0.590. The van der Waals surface area contributed by atoms with E-state index in [-0.39, 0.29) is 11.3 Å². The normalized spacial score (nSPS) is 32.3. The summed E-state index contributed by atoms with van der Waals surface area (Å²) in [6.07, 6.45) is 4.60. The largest absolute Gasteiger partial charge is 0.260 e. The summed E-state index contributed by atoms with van der Waals surface area (Å²) in [5.74, 6) is 7.86. The molecule has 3 rings (SSSR count). The van der Waals surface area contributed by atoms with Crippen molar-refractivity contribution in [2.24, 2.45) is 11.8 Å². The van der Waals surface area contributed by atoms with E-state index in [1.165, 1.54) is 19.0 Å². The third kappa shape index (κ3) is 3.03. The van der Waals surface area contributed by atoms with Gasteiger partial charge in [0.1, 0.15) is 0 Å². The molecule has 2 nitrogen and oxygen atoms in total. The molecule has 2 fully saturated rings. The van der Waals surface area contributed by atoms with E-state index in [4.69, 9.17) is 0 Å². The Morgan fingerprint density at radius 3 is 2.90 bits per heavy atom. The summed E-state index contributed by atoms with van der Waals surface area (Å²) in [6, 6.07) is 1.85. The molecule has 0 radical (unpaired) electrons. The molecular formula is C17H20FNOS. The number of aromatic nitrogens is 1. The molecule has 1 aliphatic heterocycles. The molecule has 0 amide bonds. The number of rotatable bonds is 1. The van der Waals surface area contributed by atoms with Crippen LogP contribution in [0.25, 0.3) is 0 Å². The summed E-state index contributed by atoms with van der Waals surface area (Å²) in [7, 11) is -0.775. The first-order chi connectivity index (χ1) is 9.99. The van der Waals surface area contributed by atoms with Gasteiger partial charge in [0.05, 0.1) is 0 Å². The summed E-state index contributed by atoms with van der Waals surface area (Å²) in [6.45, 7) is 4.12. The van der Waals surface area contributed by atoms with E-state index in [1.54, 1.807) is 0 Å². The van der Waals surface area contributed by atoms with Crippen molar-refractivity contribution in [1.29, 1.82) is 0 Å². The van der Waals surface area contributed by atoms with Gasteiger partial charge in [0.25, 0.3) is 0 Å². The van der Waals surface area contributed by atoms with E-state index in [1.807, 2.05) is 6.07 Å². The molecule has 0 spiro atoms. The molecule has 1 unspecified atom stereocenters. The van der Waals surface area contributed by atoms with Gasteiger partial charge in [0.2, 0.25) is 5.95 Å². The first kappa shape index (κ1) is 14.7. The maximum atomic E-state index is 14.2. The Hall–Kier alpha value is -1.21. The van der Waals surface area contributed by atoms with Gasteiger partial charge >= 0.3 is 0 Å². The molecule has 1 saturated heterocycles. The predicted molar refractivity (Wildman–Crippen MR) is 82.8 cm³/mol. The van der Waals surface area contributed by atoms with E-state index in [9.17, 15) is 8.60 Å². The number of hydrogen-bond donors (Lipinski definition) is 0. The van der Waals surface area contributed by atoms with Crippen molar-refractivity contribution in [3.05, 3.63) is 29.3 Å². The molecule has 1 aromatic rings. The Morgan fingerprint density at radius 2 is 2.24 bits per heavy atom. The highest BCUT2D eigenvalue weighted by Crippen LogP contribution is 2.40. The molecule has 2 aliphatic rings. The average Bonchev–Trinajstić information content (AvgIpc) is 3.27. The second kappa shape index (κ2) is 5.53. The van der Waals surface area contributed by atoms with E-state index in [2.05, 4.69) is 30.7 Å². The minimum absolute atomic E-state index is 0.176. The zero-order valence-electron chi connectivity index (χ0n) is 12.5. The average molecular weight is 305 g/mol. The smallest absolute Gasteiger partial charge is 0.216 e. The van der Waals surface area contributed by atoms with E-state index < -0.39 is 16.7 Å². The van der Waals surface area contributed by atoms with Crippen molar-refractivity contribution in [3.8, 4) is 11.8 Å². The highest BCUT2D eigenvalue weighted by Gasteiger charge is 2.40. The van der Waals surface area contributed by atoms with Gasteiger partial charge in [-0.2, -0.15) is 4.39 Å². The minimum Gasteiger partial charge on any atom is -0.260 e. The van der Waals surface area contributed by atoms with Gasteiger partial charge in [-0.1, -0.05) is 25.7 Å². The lowest BCUT2D eigenvalue weighted by atomic mass is 9.71. The van der Waals surface area contributed by atoms with Crippen LogP contribution in [-0.2, 0) is 16.2 Å². The molecule has 1 aliphatic carbocycles. The monoisotopic (exact) mass is 305 g/mol. The SMILES string of the molecule is C[C@H]1CS(=O)CC[C@]1(C)c1cc(C#CC2CC2)cnc1F. The van der Waals surface area contributed by atoms with Crippen LogP contribution >= 0.6 is 0 Å². The molecule has 1 aromatic heterocycles. The summed E-state index contributed by atoms with van der Waals surface area (Å²) in [5, 5.41) is 0. The zero-order chi connectivity index (χ0) is 15.0. The van der Waals surface area contributed by atoms with Gasteiger partial charge in [0, 0.05) is 51.0 Å². The van der Waals surface area contributed by atoms with E-state index >= 15 is 0 Å². The van der Waals surface area contributed by atoms with Crippen molar-refractivity contribution in [1.82, 2.24) is 4.98 Å². The fourth-order valence-electron chi connectivity index (χ4n) is 2.85. The summed E-state index contributed by atoms with van der Waals surface area (Å²) >= 11 is 0. The van der Waals surface area contributed by atoms with E-state index in [0.29, 0.717) is 23.0 Å². The van der Waals surface area contributed by atoms with Crippen molar-refractivity contribution >= 4 is 10.8 Å². The van der Waals surface area contributed by atoms with Gasteiger partial charge in [0.15, 0.2) is 0 Å². The molecule has 1 saturated carbocycles. The van der Waals surface area contributed by atoms with Crippen molar-refractivity contribution in [3.63, 3.8) is 0 Å². The summed E-state index contributed by atoms with van der Waals surface area (Å²) < 4.78 is 26.0. The second-order valence-corrected chi connectivity index (χ2v) is 8.11. The van der Waals surface area contributed by atoms with Gasteiger partial charge in [-0.3, -0.25) is 4.21 Å². The summed E-state index contributed by atoms with van der Waals surface area (Å²) in [5.41, 5.74) is 1.12. The third-order valence-electron chi connectivity index (χ3n) is 4.82. The molecule has 112 valence electrons. The standard InChI is InChI=1S/C17H20FNOS/c1-12-11-21(20)8-7-17(12,2)15-9-14(10-19-16(15)18)6-5-13-3-4-13/h9-10,12-13H,3-4,7-8,11H2,1-2H3/t12-,17-,21?/m0/s1. The highest BCUT2D eigenvalue weighted by atomic mass is 32.2. The van der Waals surface area contributed by atoms with Crippen molar-refractivity contribution < 1.29 is 8.60 Å². The molecule has 2 heterocycles. The van der Waals surface area contributed by atoms with Gasteiger partial charge in [-0.05, 0) is 31.2 Å². The van der Waals surface area contributed by atoms with Crippen LogP contribution in [0.3, 0.4) is 0 Å². The van der Waals surface area contributed by atoms with Gasteiger partial charge in [-0.25, -0.2) is 4.98 Å². The number of hydrogen-bond acceptors (Lipinski definition) is 2. The summed E-state index contributed by atoms with van der Waals surface area (Å²) in [4.78, 5) is 3.91. The Morgan fingerprint density at radius 1 is 1.48 bits per heavy atom. The predicted octanol–water partition coefficient (Wildman–Crippen LogP) is 3.03. The lowest BCUT2D eigenvalue weighted by Gasteiger charge is -2.39. The zero-order valence-corrected chi connectivity index (χ0v) is 13.3. The van der Waals surface area contributed by atoms with E-state index in [0.717, 1.165) is 12.0 Å². The van der Waals surface area contributed by atoms with Crippen LogP contribution in [-0.4, -0.2) is 20.7 Å². The Balaban J connectivity index is 1.94. The highest BCUT2D eigenvalue weighted by molar-refractivity contribution is 7.85. The lowest BCUT2D eigenvalue weighted by Crippen LogP contribution is -2.41.